The summed E-state index contributed by atoms with van der Waals surface area (Å²) in [6.45, 7) is 3.75. The average molecular weight is 337 g/mol. The number of nitrogen functional groups attached to an aromatic ring is 1. The van der Waals surface area contributed by atoms with Crippen molar-refractivity contribution in [2.45, 2.75) is 24.3 Å². The fraction of sp³-hybridized carbons (Fsp3) is 0.455. The maximum atomic E-state index is 12.1. The zero-order valence-electron chi connectivity index (χ0n) is 10.5. The highest BCUT2D eigenvalue weighted by Gasteiger charge is 2.23. The standard InChI is InChI=1S/C11H17BrN2O3S/c1-11(2,17-3)7-14-18(15,16)10-5-4-8(12)6-9(10)13/h4-6,14H,7,13H2,1-3H3. The number of hydrogen-bond acceptors (Lipinski definition) is 4. The van der Waals surface area contributed by atoms with Gasteiger partial charge in [0.15, 0.2) is 0 Å². The van der Waals surface area contributed by atoms with Gasteiger partial charge in [-0.15, -0.1) is 0 Å². The van der Waals surface area contributed by atoms with Gasteiger partial charge in [0, 0.05) is 18.1 Å². The van der Waals surface area contributed by atoms with Crippen molar-refractivity contribution in [1.82, 2.24) is 4.72 Å². The first-order valence-corrected chi connectivity index (χ1v) is 7.55. The number of sulfonamides is 1. The van der Waals surface area contributed by atoms with Crippen LogP contribution in [-0.4, -0.2) is 27.7 Å². The molecule has 7 heteroatoms. The van der Waals surface area contributed by atoms with Crippen LogP contribution in [0, 0.1) is 0 Å². The second-order valence-corrected chi connectivity index (χ2v) is 7.12. The van der Waals surface area contributed by atoms with E-state index < -0.39 is 15.6 Å². The van der Waals surface area contributed by atoms with Crippen LogP contribution in [0.2, 0.25) is 0 Å². The van der Waals surface area contributed by atoms with Crippen LogP contribution in [0.25, 0.3) is 0 Å². The fourth-order valence-corrected chi connectivity index (χ4v) is 2.87. The second kappa shape index (κ2) is 5.56. The molecular formula is C11H17BrN2O3S. The van der Waals surface area contributed by atoms with Gasteiger partial charge >= 0.3 is 0 Å². The van der Waals surface area contributed by atoms with Gasteiger partial charge in [-0.1, -0.05) is 15.9 Å². The van der Waals surface area contributed by atoms with E-state index in [0.29, 0.717) is 0 Å². The third kappa shape index (κ3) is 3.94. The lowest BCUT2D eigenvalue weighted by Gasteiger charge is -2.23. The lowest BCUT2D eigenvalue weighted by Crippen LogP contribution is -2.39. The molecule has 0 aliphatic carbocycles. The van der Waals surface area contributed by atoms with Crippen molar-refractivity contribution in [2.24, 2.45) is 0 Å². The fourth-order valence-electron chi connectivity index (χ4n) is 1.18. The SMILES string of the molecule is COC(C)(C)CNS(=O)(=O)c1ccc(Br)cc1N. The van der Waals surface area contributed by atoms with Gasteiger partial charge in [0.25, 0.3) is 0 Å². The Morgan fingerprint density at radius 1 is 1.44 bits per heavy atom. The quantitative estimate of drug-likeness (QED) is 0.802. The van der Waals surface area contributed by atoms with E-state index >= 15 is 0 Å². The monoisotopic (exact) mass is 336 g/mol. The largest absolute Gasteiger partial charge is 0.398 e. The second-order valence-electron chi connectivity index (χ2n) is 4.47. The van der Waals surface area contributed by atoms with E-state index in [9.17, 15) is 8.42 Å². The van der Waals surface area contributed by atoms with E-state index in [1.54, 1.807) is 26.0 Å². The Bertz CT molecular complexity index is 529. The zero-order chi connectivity index (χ0) is 14.0. The van der Waals surface area contributed by atoms with Crippen molar-refractivity contribution in [2.75, 3.05) is 19.4 Å². The lowest BCUT2D eigenvalue weighted by molar-refractivity contribution is 0.0276. The molecule has 3 N–H and O–H groups in total. The normalized spacial score (nSPS) is 12.7. The summed E-state index contributed by atoms with van der Waals surface area (Å²) in [5.74, 6) is 0. The van der Waals surface area contributed by atoms with Crippen LogP contribution in [-0.2, 0) is 14.8 Å². The van der Waals surface area contributed by atoms with Gasteiger partial charge in [-0.2, -0.15) is 0 Å². The van der Waals surface area contributed by atoms with Crippen LogP contribution in [0.3, 0.4) is 0 Å². The molecule has 0 aliphatic rings. The van der Waals surface area contributed by atoms with Crippen molar-refractivity contribution < 1.29 is 13.2 Å². The number of anilines is 1. The maximum Gasteiger partial charge on any atom is 0.242 e. The molecule has 1 aromatic carbocycles. The molecule has 0 saturated carbocycles. The Morgan fingerprint density at radius 2 is 2.06 bits per heavy atom. The molecule has 5 nitrogen and oxygen atoms in total. The van der Waals surface area contributed by atoms with E-state index in [2.05, 4.69) is 20.7 Å². The van der Waals surface area contributed by atoms with Crippen molar-refractivity contribution >= 4 is 31.6 Å². The number of nitrogens with one attached hydrogen (secondary N) is 1. The Morgan fingerprint density at radius 3 is 2.56 bits per heavy atom. The van der Waals surface area contributed by atoms with Crippen LogP contribution in [0.5, 0.6) is 0 Å². The summed E-state index contributed by atoms with van der Waals surface area (Å²) in [7, 11) is -2.10. The number of hydrogen-bond donors (Lipinski definition) is 2. The Kier molecular flexibility index (Phi) is 4.77. The smallest absolute Gasteiger partial charge is 0.242 e. The minimum Gasteiger partial charge on any atom is -0.398 e. The summed E-state index contributed by atoms with van der Waals surface area (Å²) in [5.41, 5.74) is 5.33. The number of rotatable bonds is 5. The molecule has 0 saturated heterocycles. The van der Waals surface area contributed by atoms with E-state index in [-0.39, 0.29) is 17.1 Å². The molecule has 0 fully saturated rings. The Hall–Kier alpha value is -0.630. The highest BCUT2D eigenvalue weighted by atomic mass is 79.9. The maximum absolute atomic E-state index is 12.1. The van der Waals surface area contributed by atoms with Gasteiger partial charge in [0.1, 0.15) is 4.90 Å². The molecule has 0 atom stereocenters. The number of ether oxygens (including phenoxy) is 1. The number of benzene rings is 1. The third-order valence-corrected chi connectivity index (χ3v) is 4.47. The lowest BCUT2D eigenvalue weighted by atomic mass is 10.1. The molecule has 0 aromatic heterocycles. The van der Waals surface area contributed by atoms with E-state index in [1.807, 2.05) is 0 Å². The summed E-state index contributed by atoms with van der Waals surface area (Å²) in [6, 6.07) is 4.64. The molecule has 1 rings (SSSR count). The minimum absolute atomic E-state index is 0.0672. The van der Waals surface area contributed by atoms with Crippen LogP contribution < -0.4 is 10.5 Å². The summed E-state index contributed by atoms with van der Waals surface area (Å²) < 4.78 is 32.5. The van der Waals surface area contributed by atoms with Crippen LogP contribution >= 0.6 is 15.9 Å². The molecule has 0 aliphatic heterocycles. The van der Waals surface area contributed by atoms with Gasteiger partial charge in [-0.25, -0.2) is 13.1 Å². The topological polar surface area (TPSA) is 81.4 Å². The molecule has 1 aromatic rings. The highest BCUT2D eigenvalue weighted by molar-refractivity contribution is 9.10. The third-order valence-electron chi connectivity index (χ3n) is 2.50. The van der Waals surface area contributed by atoms with Gasteiger partial charge in [-0.05, 0) is 32.0 Å². The van der Waals surface area contributed by atoms with E-state index in [1.165, 1.54) is 13.2 Å². The molecule has 0 heterocycles. The first-order chi connectivity index (χ1) is 8.18. The van der Waals surface area contributed by atoms with Crippen molar-refractivity contribution in [3.05, 3.63) is 22.7 Å². The van der Waals surface area contributed by atoms with Crippen LogP contribution in [0.1, 0.15) is 13.8 Å². The summed E-state index contributed by atoms with van der Waals surface area (Å²) >= 11 is 3.23. The molecule has 0 spiro atoms. The van der Waals surface area contributed by atoms with Crippen molar-refractivity contribution in [3.8, 4) is 0 Å². The molecular weight excluding hydrogens is 320 g/mol. The summed E-state index contributed by atoms with van der Waals surface area (Å²) in [6.07, 6.45) is 0. The molecule has 0 amide bonds. The zero-order valence-corrected chi connectivity index (χ0v) is 12.9. The molecule has 0 radical (unpaired) electrons. The first kappa shape index (κ1) is 15.4. The van der Waals surface area contributed by atoms with Crippen LogP contribution in [0.4, 0.5) is 5.69 Å². The Labute approximate surface area is 116 Å². The Balaban J connectivity index is 2.94. The van der Waals surface area contributed by atoms with Gasteiger partial charge in [0.2, 0.25) is 10.0 Å². The van der Waals surface area contributed by atoms with Gasteiger partial charge in [-0.3, -0.25) is 0 Å². The average Bonchev–Trinajstić information content (AvgIpc) is 2.26. The summed E-state index contributed by atoms with van der Waals surface area (Å²) in [5, 5.41) is 0. The number of halogens is 1. The first-order valence-electron chi connectivity index (χ1n) is 5.28. The summed E-state index contributed by atoms with van der Waals surface area (Å²) in [4.78, 5) is 0.0672. The molecule has 0 unspecified atom stereocenters. The van der Waals surface area contributed by atoms with E-state index in [0.717, 1.165) is 4.47 Å². The van der Waals surface area contributed by atoms with Crippen molar-refractivity contribution in [1.29, 1.82) is 0 Å². The van der Waals surface area contributed by atoms with Crippen LogP contribution in [0.15, 0.2) is 27.6 Å². The molecule has 0 bridgehead atoms. The minimum atomic E-state index is -3.63. The predicted octanol–water partition coefficient (Wildman–Crippen LogP) is 1.73. The van der Waals surface area contributed by atoms with Crippen molar-refractivity contribution in [3.63, 3.8) is 0 Å². The van der Waals surface area contributed by atoms with Gasteiger partial charge in [0.05, 0.1) is 11.3 Å². The van der Waals surface area contributed by atoms with E-state index in [4.69, 9.17) is 10.5 Å². The molecule has 102 valence electrons. The molecule has 18 heavy (non-hydrogen) atoms. The highest BCUT2D eigenvalue weighted by Crippen LogP contribution is 2.22. The van der Waals surface area contributed by atoms with Gasteiger partial charge < -0.3 is 10.5 Å². The number of nitrogens with two attached hydrogens (primary N) is 1. The number of methoxy groups -OCH3 is 1. The predicted molar refractivity (Wildman–Crippen MR) is 74.8 cm³/mol.